The number of hydrogen-bond donors (Lipinski definition) is 3. The third-order valence-electron chi connectivity index (χ3n) is 2.64. The number of anilines is 2. The first-order valence-corrected chi connectivity index (χ1v) is 6.06. The highest BCUT2D eigenvalue weighted by Gasteiger charge is 2.11. The summed E-state index contributed by atoms with van der Waals surface area (Å²) in [5, 5.41) is 5.09. The number of carbonyl (C=O) groups excluding carboxylic acids is 2. The lowest BCUT2D eigenvalue weighted by Crippen LogP contribution is -2.20. The summed E-state index contributed by atoms with van der Waals surface area (Å²) >= 11 is 0. The number of primary amides is 1. The molecule has 21 heavy (non-hydrogen) atoms. The number of ether oxygens (including phenoxy) is 1. The second-order valence-electron chi connectivity index (χ2n) is 4.10. The lowest BCUT2D eigenvalue weighted by atomic mass is 10.1. The summed E-state index contributed by atoms with van der Waals surface area (Å²) in [5.41, 5.74) is 6.33. The molecule has 4 N–H and O–H groups in total. The first-order valence-electron chi connectivity index (χ1n) is 6.06. The number of benzene rings is 1. The predicted octanol–water partition coefficient (Wildman–Crippen LogP) is 1.83. The van der Waals surface area contributed by atoms with Gasteiger partial charge in [0.1, 0.15) is 5.75 Å². The van der Waals surface area contributed by atoms with Crippen LogP contribution in [0.1, 0.15) is 10.4 Å². The Balaban J connectivity index is 2.23. The SMILES string of the molecule is COc1ccc(C(=O)Nc2cccnc2)cc1NC(N)=O. The highest BCUT2D eigenvalue weighted by atomic mass is 16.5. The zero-order valence-electron chi connectivity index (χ0n) is 11.3. The predicted molar refractivity (Wildman–Crippen MR) is 78.4 cm³/mol. The monoisotopic (exact) mass is 286 g/mol. The van der Waals surface area contributed by atoms with E-state index in [0.29, 0.717) is 22.7 Å². The minimum absolute atomic E-state index is 0.323. The average molecular weight is 286 g/mol. The van der Waals surface area contributed by atoms with Crippen molar-refractivity contribution in [1.29, 1.82) is 0 Å². The number of aromatic nitrogens is 1. The molecule has 7 heteroatoms. The van der Waals surface area contributed by atoms with E-state index in [0.717, 1.165) is 0 Å². The normalized spacial score (nSPS) is 9.76. The molecule has 0 saturated heterocycles. The number of amides is 3. The molecule has 2 rings (SSSR count). The van der Waals surface area contributed by atoms with E-state index < -0.39 is 6.03 Å². The van der Waals surface area contributed by atoms with Gasteiger partial charge < -0.3 is 21.1 Å². The first kappa shape index (κ1) is 14.3. The zero-order valence-corrected chi connectivity index (χ0v) is 11.3. The Hall–Kier alpha value is -3.09. The van der Waals surface area contributed by atoms with Gasteiger partial charge in [-0.3, -0.25) is 9.78 Å². The van der Waals surface area contributed by atoms with E-state index >= 15 is 0 Å². The maximum absolute atomic E-state index is 12.1. The van der Waals surface area contributed by atoms with Crippen LogP contribution in [0.3, 0.4) is 0 Å². The van der Waals surface area contributed by atoms with Gasteiger partial charge in [-0.05, 0) is 30.3 Å². The molecule has 108 valence electrons. The van der Waals surface area contributed by atoms with Crippen LogP contribution in [-0.2, 0) is 0 Å². The summed E-state index contributed by atoms with van der Waals surface area (Å²) in [6, 6.07) is 7.33. The van der Waals surface area contributed by atoms with Gasteiger partial charge in [0, 0.05) is 11.8 Å². The Morgan fingerprint density at radius 3 is 2.67 bits per heavy atom. The Labute approximate surface area is 121 Å². The highest BCUT2D eigenvalue weighted by molar-refractivity contribution is 6.05. The number of urea groups is 1. The number of carbonyl (C=O) groups is 2. The van der Waals surface area contributed by atoms with Crippen molar-refractivity contribution in [3.8, 4) is 5.75 Å². The molecule has 2 aromatic rings. The van der Waals surface area contributed by atoms with Crippen molar-refractivity contribution in [3.05, 3.63) is 48.3 Å². The molecule has 7 nitrogen and oxygen atoms in total. The van der Waals surface area contributed by atoms with Crippen molar-refractivity contribution in [2.45, 2.75) is 0 Å². The van der Waals surface area contributed by atoms with Gasteiger partial charge >= 0.3 is 6.03 Å². The number of rotatable bonds is 4. The van der Waals surface area contributed by atoms with Crippen molar-refractivity contribution < 1.29 is 14.3 Å². The lowest BCUT2D eigenvalue weighted by molar-refractivity contribution is 0.102. The number of methoxy groups -OCH3 is 1. The van der Waals surface area contributed by atoms with Gasteiger partial charge in [0.05, 0.1) is 24.7 Å². The van der Waals surface area contributed by atoms with Crippen LogP contribution >= 0.6 is 0 Å². The molecule has 0 spiro atoms. The molecule has 0 fully saturated rings. The lowest BCUT2D eigenvalue weighted by Gasteiger charge is -2.11. The fourth-order valence-electron chi connectivity index (χ4n) is 1.72. The Morgan fingerprint density at radius 2 is 2.05 bits per heavy atom. The van der Waals surface area contributed by atoms with Gasteiger partial charge in [0.2, 0.25) is 0 Å². The summed E-state index contributed by atoms with van der Waals surface area (Å²) in [6.45, 7) is 0. The van der Waals surface area contributed by atoms with Gasteiger partial charge in [-0.2, -0.15) is 0 Å². The summed E-state index contributed by atoms with van der Waals surface area (Å²) in [5.74, 6) is 0.0740. The summed E-state index contributed by atoms with van der Waals surface area (Å²) < 4.78 is 5.09. The largest absolute Gasteiger partial charge is 0.495 e. The maximum atomic E-state index is 12.1. The minimum Gasteiger partial charge on any atom is -0.495 e. The number of nitrogens with one attached hydrogen (secondary N) is 2. The summed E-state index contributed by atoms with van der Waals surface area (Å²) in [7, 11) is 1.46. The van der Waals surface area contributed by atoms with Gasteiger partial charge in [0.15, 0.2) is 0 Å². The molecule has 0 aliphatic heterocycles. The molecule has 0 aliphatic carbocycles. The highest BCUT2D eigenvalue weighted by Crippen LogP contribution is 2.25. The third-order valence-corrected chi connectivity index (χ3v) is 2.64. The van der Waals surface area contributed by atoms with Crippen LogP contribution in [-0.4, -0.2) is 24.0 Å². The molecule has 0 aliphatic rings. The molecule has 3 amide bonds. The van der Waals surface area contributed by atoms with E-state index in [1.165, 1.54) is 19.4 Å². The van der Waals surface area contributed by atoms with E-state index in [4.69, 9.17) is 10.5 Å². The van der Waals surface area contributed by atoms with E-state index in [1.54, 1.807) is 30.5 Å². The Kier molecular flexibility index (Phi) is 4.35. The second kappa shape index (κ2) is 6.38. The quantitative estimate of drug-likeness (QED) is 0.797. The summed E-state index contributed by atoms with van der Waals surface area (Å²) in [4.78, 5) is 27.0. The Morgan fingerprint density at radius 1 is 1.24 bits per heavy atom. The van der Waals surface area contributed by atoms with Crippen molar-refractivity contribution >= 4 is 23.3 Å². The minimum atomic E-state index is -0.738. The molecule has 0 radical (unpaired) electrons. The fourth-order valence-corrected chi connectivity index (χ4v) is 1.72. The zero-order chi connectivity index (χ0) is 15.2. The van der Waals surface area contributed by atoms with Crippen LogP contribution < -0.4 is 21.1 Å². The van der Waals surface area contributed by atoms with Gasteiger partial charge in [0.25, 0.3) is 5.91 Å². The van der Waals surface area contributed by atoms with Crippen molar-refractivity contribution in [1.82, 2.24) is 4.98 Å². The molecule has 1 aromatic carbocycles. The standard InChI is InChI=1S/C14H14N4O3/c1-21-12-5-4-9(7-11(12)18-14(15)20)13(19)17-10-3-2-6-16-8-10/h2-8H,1H3,(H,17,19)(H3,15,18,20). The molecule has 0 bridgehead atoms. The molecule has 0 unspecified atom stereocenters. The van der Waals surface area contributed by atoms with E-state index in [-0.39, 0.29) is 5.91 Å². The van der Waals surface area contributed by atoms with Gasteiger partial charge in [-0.25, -0.2) is 4.79 Å². The van der Waals surface area contributed by atoms with Crippen LogP contribution in [0.2, 0.25) is 0 Å². The number of nitrogens with zero attached hydrogens (tertiary/aromatic N) is 1. The topological polar surface area (TPSA) is 106 Å². The van der Waals surface area contributed by atoms with E-state index in [2.05, 4.69) is 15.6 Å². The average Bonchev–Trinajstić information content (AvgIpc) is 2.47. The fraction of sp³-hybridized carbons (Fsp3) is 0.0714. The molecular weight excluding hydrogens is 272 g/mol. The second-order valence-corrected chi connectivity index (χ2v) is 4.10. The smallest absolute Gasteiger partial charge is 0.316 e. The number of nitrogens with two attached hydrogens (primary N) is 1. The molecule has 1 aromatic heterocycles. The van der Waals surface area contributed by atoms with E-state index in [9.17, 15) is 9.59 Å². The molecule has 0 atom stereocenters. The van der Waals surface area contributed by atoms with Crippen LogP contribution in [0.4, 0.5) is 16.2 Å². The van der Waals surface area contributed by atoms with E-state index in [1.807, 2.05) is 0 Å². The first-order chi connectivity index (χ1) is 10.1. The van der Waals surface area contributed by atoms with Gasteiger partial charge in [-0.15, -0.1) is 0 Å². The van der Waals surface area contributed by atoms with Crippen LogP contribution in [0, 0.1) is 0 Å². The molecule has 1 heterocycles. The molecular formula is C14H14N4O3. The van der Waals surface area contributed by atoms with Crippen LogP contribution in [0.5, 0.6) is 5.75 Å². The van der Waals surface area contributed by atoms with Gasteiger partial charge in [-0.1, -0.05) is 0 Å². The Bertz CT molecular complexity index is 659. The van der Waals surface area contributed by atoms with Crippen molar-refractivity contribution in [2.75, 3.05) is 17.7 Å². The van der Waals surface area contributed by atoms with Crippen LogP contribution in [0.25, 0.3) is 0 Å². The number of pyridine rings is 1. The number of hydrogen-bond acceptors (Lipinski definition) is 4. The van der Waals surface area contributed by atoms with Crippen molar-refractivity contribution in [2.24, 2.45) is 5.73 Å². The van der Waals surface area contributed by atoms with Crippen LogP contribution in [0.15, 0.2) is 42.7 Å². The summed E-state index contributed by atoms with van der Waals surface area (Å²) in [6.07, 6.45) is 3.14. The maximum Gasteiger partial charge on any atom is 0.316 e. The third kappa shape index (κ3) is 3.69. The van der Waals surface area contributed by atoms with Crippen molar-refractivity contribution in [3.63, 3.8) is 0 Å². The molecule has 0 saturated carbocycles.